The smallest absolute Gasteiger partial charge is 0.184 e. The van der Waals surface area contributed by atoms with Gasteiger partial charge in [-0.2, -0.15) is 0 Å². The van der Waals surface area contributed by atoms with Crippen LogP contribution in [0, 0.1) is 0 Å². The maximum absolute atomic E-state index is 11.9. The van der Waals surface area contributed by atoms with Crippen LogP contribution in [-0.4, -0.2) is 41.5 Å². The van der Waals surface area contributed by atoms with Crippen LogP contribution in [0.4, 0.5) is 0 Å². The predicted octanol–water partition coefficient (Wildman–Crippen LogP) is 1.57. The fraction of sp³-hybridized carbons (Fsp3) is 0.308. The van der Waals surface area contributed by atoms with Crippen molar-refractivity contribution in [1.82, 2.24) is 4.90 Å². The second-order valence-electron chi connectivity index (χ2n) is 4.12. The minimum Gasteiger partial charge on any atom is -0.507 e. The van der Waals surface area contributed by atoms with Gasteiger partial charge in [0.15, 0.2) is 5.78 Å². The van der Waals surface area contributed by atoms with Crippen molar-refractivity contribution in [2.24, 2.45) is 0 Å². The highest BCUT2D eigenvalue weighted by Crippen LogP contribution is 2.31. The van der Waals surface area contributed by atoms with Crippen molar-refractivity contribution in [1.29, 1.82) is 0 Å². The molecule has 92 valence electrons. The highest BCUT2D eigenvalue weighted by molar-refractivity contribution is 6.02. The fourth-order valence-electron chi connectivity index (χ4n) is 1.59. The molecule has 0 heterocycles. The van der Waals surface area contributed by atoms with Gasteiger partial charge in [-0.15, -0.1) is 6.58 Å². The lowest BCUT2D eigenvalue weighted by molar-refractivity contribution is 0.0952. The normalized spacial score (nSPS) is 10.5. The summed E-state index contributed by atoms with van der Waals surface area (Å²) in [5, 5.41) is 19.6. The summed E-state index contributed by atoms with van der Waals surface area (Å²) in [6.45, 7) is 3.71. The van der Waals surface area contributed by atoms with E-state index in [0.717, 1.165) is 0 Å². The Morgan fingerprint density at radius 1 is 1.41 bits per heavy atom. The van der Waals surface area contributed by atoms with Crippen LogP contribution in [0.1, 0.15) is 15.9 Å². The molecule has 0 aliphatic heterocycles. The number of nitrogens with zero attached hydrogens (tertiary/aromatic N) is 1. The van der Waals surface area contributed by atoms with E-state index in [1.165, 1.54) is 6.07 Å². The van der Waals surface area contributed by atoms with Crippen molar-refractivity contribution in [3.8, 4) is 11.5 Å². The van der Waals surface area contributed by atoms with Crippen LogP contribution < -0.4 is 0 Å². The second kappa shape index (κ2) is 5.50. The fourth-order valence-corrected chi connectivity index (χ4v) is 1.59. The van der Waals surface area contributed by atoms with E-state index in [9.17, 15) is 15.0 Å². The van der Waals surface area contributed by atoms with Gasteiger partial charge in [-0.1, -0.05) is 12.1 Å². The number of ketones is 1. The van der Waals surface area contributed by atoms with E-state index in [4.69, 9.17) is 0 Å². The lowest BCUT2D eigenvalue weighted by atomic mass is 10.0. The molecular weight excluding hydrogens is 218 g/mol. The number of rotatable bonds is 5. The minimum absolute atomic E-state index is 0.0157. The second-order valence-corrected chi connectivity index (χ2v) is 4.12. The lowest BCUT2D eigenvalue weighted by Gasteiger charge is -2.12. The van der Waals surface area contributed by atoms with Crippen LogP contribution in [0.15, 0.2) is 24.8 Å². The molecule has 2 N–H and O–H groups in total. The van der Waals surface area contributed by atoms with Gasteiger partial charge in [0, 0.05) is 0 Å². The molecule has 0 amide bonds. The molecule has 4 heteroatoms. The van der Waals surface area contributed by atoms with Crippen LogP contribution >= 0.6 is 0 Å². The Bertz CT molecular complexity index is 439. The highest BCUT2D eigenvalue weighted by atomic mass is 16.3. The molecule has 0 spiro atoms. The molecule has 0 fully saturated rings. The summed E-state index contributed by atoms with van der Waals surface area (Å²) in [6.07, 6.45) is 2.08. The van der Waals surface area contributed by atoms with E-state index in [-0.39, 0.29) is 29.4 Å². The Morgan fingerprint density at radius 3 is 2.59 bits per heavy atom. The van der Waals surface area contributed by atoms with Gasteiger partial charge >= 0.3 is 0 Å². The maximum Gasteiger partial charge on any atom is 0.184 e. The molecule has 0 atom stereocenters. The van der Waals surface area contributed by atoms with Crippen molar-refractivity contribution in [2.75, 3.05) is 20.6 Å². The van der Waals surface area contributed by atoms with Crippen molar-refractivity contribution in [3.05, 3.63) is 35.9 Å². The molecule has 0 aliphatic carbocycles. The summed E-state index contributed by atoms with van der Waals surface area (Å²) < 4.78 is 0. The molecule has 1 rings (SSSR count). The number of benzene rings is 1. The predicted molar refractivity (Wildman–Crippen MR) is 66.6 cm³/mol. The largest absolute Gasteiger partial charge is 0.507 e. The molecule has 1 aromatic carbocycles. The lowest BCUT2D eigenvalue weighted by Crippen LogP contribution is -2.22. The summed E-state index contributed by atoms with van der Waals surface area (Å²) in [5.41, 5.74) is 0.568. The average molecular weight is 235 g/mol. The summed E-state index contributed by atoms with van der Waals surface area (Å²) >= 11 is 0. The van der Waals surface area contributed by atoms with Gasteiger partial charge in [-0.25, -0.2) is 0 Å². The molecule has 0 saturated heterocycles. The van der Waals surface area contributed by atoms with Gasteiger partial charge in [0.05, 0.1) is 6.54 Å². The van der Waals surface area contributed by atoms with E-state index in [1.54, 1.807) is 31.1 Å². The Labute approximate surface area is 101 Å². The van der Waals surface area contributed by atoms with Crippen molar-refractivity contribution in [2.45, 2.75) is 6.42 Å². The first kappa shape index (κ1) is 13.3. The molecule has 0 aromatic heterocycles. The van der Waals surface area contributed by atoms with Crippen molar-refractivity contribution >= 4 is 5.78 Å². The quantitative estimate of drug-likeness (QED) is 0.600. The molecule has 0 bridgehead atoms. The molecule has 0 radical (unpaired) electrons. The minimum atomic E-state index is -0.309. The molecular formula is C13H17NO3. The van der Waals surface area contributed by atoms with E-state index in [0.29, 0.717) is 12.0 Å². The van der Waals surface area contributed by atoms with E-state index in [2.05, 4.69) is 6.58 Å². The van der Waals surface area contributed by atoms with Crippen LogP contribution in [0.25, 0.3) is 0 Å². The molecule has 0 aliphatic rings. The average Bonchev–Trinajstić information content (AvgIpc) is 2.21. The standard InChI is InChI=1S/C13H17NO3/c1-4-5-9-6-7-10(15)12(13(9)17)11(16)8-14(2)3/h4,6-7,15,17H,1,5,8H2,2-3H3. The first-order chi connectivity index (χ1) is 7.97. The third-order valence-electron chi connectivity index (χ3n) is 2.34. The third-order valence-corrected chi connectivity index (χ3v) is 2.34. The Balaban J connectivity index is 3.17. The first-order valence-corrected chi connectivity index (χ1v) is 5.30. The van der Waals surface area contributed by atoms with Gasteiger partial charge in [0.25, 0.3) is 0 Å². The zero-order valence-corrected chi connectivity index (χ0v) is 10.1. The number of carbonyl (C=O) groups excluding carboxylic acids is 1. The zero-order chi connectivity index (χ0) is 13.0. The molecule has 4 nitrogen and oxygen atoms in total. The number of Topliss-reactive ketones (excluding diaryl/α,β-unsaturated/α-hetero) is 1. The topological polar surface area (TPSA) is 60.8 Å². The van der Waals surface area contributed by atoms with Crippen molar-refractivity contribution < 1.29 is 15.0 Å². The van der Waals surface area contributed by atoms with Gasteiger partial charge in [0.1, 0.15) is 17.1 Å². The first-order valence-electron chi connectivity index (χ1n) is 5.30. The summed E-state index contributed by atoms with van der Waals surface area (Å²) in [7, 11) is 3.50. The number of aromatic hydroxyl groups is 2. The summed E-state index contributed by atoms with van der Waals surface area (Å²) in [6, 6.07) is 3.00. The van der Waals surface area contributed by atoms with E-state index < -0.39 is 0 Å². The van der Waals surface area contributed by atoms with Crippen LogP contribution in [0.5, 0.6) is 11.5 Å². The number of likely N-dealkylation sites (N-methyl/N-ethyl adjacent to an activating group) is 1. The molecule has 0 saturated carbocycles. The Hall–Kier alpha value is -1.81. The van der Waals surface area contributed by atoms with E-state index >= 15 is 0 Å². The number of hydrogen-bond donors (Lipinski definition) is 2. The number of hydrogen-bond acceptors (Lipinski definition) is 4. The SMILES string of the molecule is C=CCc1ccc(O)c(C(=O)CN(C)C)c1O. The Kier molecular flexibility index (Phi) is 4.29. The van der Waals surface area contributed by atoms with Gasteiger partial charge < -0.3 is 15.1 Å². The summed E-state index contributed by atoms with van der Waals surface area (Å²) in [4.78, 5) is 13.5. The van der Waals surface area contributed by atoms with Gasteiger partial charge in [-0.05, 0) is 32.1 Å². The van der Waals surface area contributed by atoms with Crippen LogP contribution in [0.2, 0.25) is 0 Å². The summed E-state index contributed by atoms with van der Waals surface area (Å²) in [5.74, 6) is -0.658. The van der Waals surface area contributed by atoms with Gasteiger partial charge in [0.2, 0.25) is 0 Å². The highest BCUT2D eigenvalue weighted by Gasteiger charge is 2.19. The Morgan fingerprint density at radius 2 is 2.06 bits per heavy atom. The zero-order valence-electron chi connectivity index (χ0n) is 10.1. The third kappa shape index (κ3) is 3.07. The molecule has 0 unspecified atom stereocenters. The van der Waals surface area contributed by atoms with Crippen molar-refractivity contribution in [3.63, 3.8) is 0 Å². The monoisotopic (exact) mass is 235 g/mol. The van der Waals surface area contributed by atoms with E-state index in [1.807, 2.05) is 0 Å². The molecule has 17 heavy (non-hydrogen) atoms. The number of phenolic OH excluding ortho intramolecular Hbond substituents is 2. The van der Waals surface area contributed by atoms with Crippen LogP contribution in [-0.2, 0) is 6.42 Å². The number of phenols is 2. The number of allylic oxidation sites excluding steroid dienone is 1. The molecule has 1 aromatic rings. The number of carbonyl (C=O) groups is 1. The van der Waals surface area contributed by atoms with Crippen LogP contribution in [0.3, 0.4) is 0 Å². The van der Waals surface area contributed by atoms with Gasteiger partial charge in [-0.3, -0.25) is 4.79 Å². The maximum atomic E-state index is 11.9.